The van der Waals surface area contributed by atoms with Crippen LogP contribution < -0.4 is 0 Å². The van der Waals surface area contributed by atoms with E-state index in [0.717, 1.165) is 31.6 Å². The third-order valence-corrected chi connectivity index (χ3v) is 4.26. The minimum Gasteiger partial charge on any atom is -0.444 e. The number of halogens is 1. The van der Waals surface area contributed by atoms with Gasteiger partial charge in [0.05, 0.1) is 6.33 Å². The number of carbonyl (C=O) groups excluding carboxylic acids is 1. The van der Waals surface area contributed by atoms with Crippen LogP contribution in [0.1, 0.15) is 33.6 Å². The summed E-state index contributed by atoms with van der Waals surface area (Å²) >= 11 is 6.04. The highest BCUT2D eigenvalue weighted by atomic mass is 35.5. The average Bonchev–Trinajstić information content (AvgIpc) is 2.90. The van der Waals surface area contributed by atoms with Crippen LogP contribution in [0.2, 0.25) is 5.15 Å². The van der Waals surface area contributed by atoms with Gasteiger partial charge in [-0.15, -0.1) is 0 Å². The molecule has 1 amide bonds. The van der Waals surface area contributed by atoms with Crippen LogP contribution in [0.5, 0.6) is 0 Å². The summed E-state index contributed by atoms with van der Waals surface area (Å²) in [5, 5.41) is 0.359. The summed E-state index contributed by atoms with van der Waals surface area (Å²) in [5.74, 6) is 0.331. The van der Waals surface area contributed by atoms with Gasteiger partial charge < -0.3 is 14.2 Å². The lowest BCUT2D eigenvalue weighted by Crippen LogP contribution is -2.43. The Bertz CT molecular complexity index is 740. The smallest absolute Gasteiger partial charge is 0.410 e. The monoisotopic (exact) mass is 351 g/mol. The summed E-state index contributed by atoms with van der Waals surface area (Å²) in [6.07, 6.45) is 4.95. The summed E-state index contributed by atoms with van der Waals surface area (Å²) in [7, 11) is 0. The van der Waals surface area contributed by atoms with Crippen LogP contribution >= 0.6 is 11.6 Å². The number of amides is 1. The molecule has 7 nitrogen and oxygen atoms in total. The van der Waals surface area contributed by atoms with Gasteiger partial charge in [-0.2, -0.15) is 0 Å². The molecule has 1 fully saturated rings. The Morgan fingerprint density at radius 1 is 1.38 bits per heavy atom. The molecule has 0 N–H and O–H groups in total. The second-order valence-corrected chi connectivity index (χ2v) is 7.53. The lowest BCUT2D eigenvalue weighted by molar-refractivity contribution is 0.0158. The van der Waals surface area contributed by atoms with Crippen molar-refractivity contribution in [2.45, 2.75) is 45.8 Å². The number of hydrogen-bond donors (Lipinski definition) is 0. The molecule has 0 aromatic carbocycles. The quantitative estimate of drug-likeness (QED) is 0.777. The molecule has 24 heavy (non-hydrogen) atoms. The van der Waals surface area contributed by atoms with E-state index >= 15 is 0 Å². The summed E-state index contributed by atoms with van der Waals surface area (Å²) in [4.78, 5) is 26.6. The number of carbonyl (C=O) groups is 1. The molecule has 1 aliphatic rings. The van der Waals surface area contributed by atoms with Crippen molar-refractivity contribution >= 4 is 28.9 Å². The Labute approximate surface area is 146 Å². The Morgan fingerprint density at radius 2 is 2.17 bits per heavy atom. The maximum Gasteiger partial charge on any atom is 0.410 e. The standard InChI is InChI=1S/C16H22ClN5O2/c1-16(2,3)24-15(23)21-6-4-5-11(7-21)8-22-10-20-12-13(17)18-9-19-14(12)22/h9-11H,4-8H2,1-3H3. The summed E-state index contributed by atoms with van der Waals surface area (Å²) < 4.78 is 7.45. The Kier molecular flexibility index (Phi) is 4.62. The molecule has 1 saturated heterocycles. The van der Waals surface area contributed by atoms with E-state index in [4.69, 9.17) is 16.3 Å². The van der Waals surface area contributed by atoms with Crippen LogP contribution in [0.25, 0.3) is 11.2 Å². The largest absolute Gasteiger partial charge is 0.444 e. The number of piperidine rings is 1. The van der Waals surface area contributed by atoms with Gasteiger partial charge in [0, 0.05) is 19.6 Å². The van der Waals surface area contributed by atoms with Gasteiger partial charge in [0.25, 0.3) is 0 Å². The molecule has 0 radical (unpaired) electrons. The second kappa shape index (κ2) is 6.55. The van der Waals surface area contributed by atoms with Gasteiger partial charge in [-0.25, -0.2) is 19.7 Å². The number of hydrogen-bond acceptors (Lipinski definition) is 5. The van der Waals surface area contributed by atoms with Crippen molar-refractivity contribution in [1.29, 1.82) is 0 Å². The fourth-order valence-electron chi connectivity index (χ4n) is 2.97. The Morgan fingerprint density at radius 3 is 2.92 bits per heavy atom. The van der Waals surface area contributed by atoms with Gasteiger partial charge >= 0.3 is 6.09 Å². The first-order valence-electron chi connectivity index (χ1n) is 8.13. The fourth-order valence-corrected chi connectivity index (χ4v) is 3.15. The number of rotatable bonds is 2. The maximum absolute atomic E-state index is 12.3. The number of likely N-dealkylation sites (tertiary alicyclic amines) is 1. The molecule has 1 unspecified atom stereocenters. The lowest BCUT2D eigenvalue weighted by atomic mass is 9.98. The van der Waals surface area contributed by atoms with Gasteiger partial charge in [0.2, 0.25) is 0 Å². The topological polar surface area (TPSA) is 73.1 Å². The van der Waals surface area contributed by atoms with Gasteiger partial charge in [0.1, 0.15) is 17.4 Å². The van der Waals surface area contributed by atoms with Crippen LogP contribution in [-0.4, -0.2) is 49.2 Å². The average molecular weight is 352 g/mol. The third-order valence-electron chi connectivity index (χ3n) is 3.98. The van der Waals surface area contributed by atoms with E-state index in [1.165, 1.54) is 6.33 Å². The second-order valence-electron chi connectivity index (χ2n) is 7.17. The van der Waals surface area contributed by atoms with Crippen LogP contribution in [0.15, 0.2) is 12.7 Å². The first-order valence-corrected chi connectivity index (χ1v) is 8.50. The van der Waals surface area contributed by atoms with E-state index in [2.05, 4.69) is 15.0 Å². The molecule has 0 saturated carbocycles. The highest BCUT2D eigenvalue weighted by Crippen LogP contribution is 2.23. The number of aromatic nitrogens is 4. The summed E-state index contributed by atoms with van der Waals surface area (Å²) in [6.45, 7) is 7.80. The molecule has 0 spiro atoms. The molecule has 1 aliphatic heterocycles. The molecule has 0 bridgehead atoms. The molecule has 0 aliphatic carbocycles. The zero-order valence-electron chi connectivity index (χ0n) is 14.2. The minimum absolute atomic E-state index is 0.243. The van der Waals surface area contributed by atoms with E-state index < -0.39 is 5.60 Å². The normalized spacial score (nSPS) is 18.8. The van der Waals surface area contributed by atoms with Crippen molar-refractivity contribution in [2.24, 2.45) is 5.92 Å². The van der Waals surface area contributed by atoms with Crippen LogP contribution in [-0.2, 0) is 11.3 Å². The van der Waals surface area contributed by atoms with Crippen molar-refractivity contribution in [3.63, 3.8) is 0 Å². The first kappa shape index (κ1) is 17.0. The molecule has 3 heterocycles. The Hall–Kier alpha value is -1.89. The van der Waals surface area contributed by atoms with E-state index in [0.29, 0.717) is 23.1 Å². The Balaban J connectivity index is 1.69. The van der Waals surface area contributed by atoms with E-state index in [1.807, 2.05) is 25.3 Å². The predicted molar refractivity (Wildman–Crippen MR) is 90.9 cm³/mol. The van der Waals surface area contributed by atoms with Crippen LogP contribution in [0.4, 0.5) is 4.79 Å². The number of nitrogens with zero attached hydrogens (tertiary/aromatic N) is 5. The van der Waals surface area contributed by atoms with Crippen molar-refractivity contribution in [3.05, 3.63) is 17.8 Å². The minimum atomic E-state index is -0.474. The molecule has 2 aromatic rings. The SMILES string of the molecule is CC(C)(C)OC(=O)N1CCCC(Cn2cnc3c(Cl)ncnc32)C1. The summed E-state index contributed by atoms with van der Waals surface area (Å²) in [6, 6.07) is 0. The highest BCUT2D eigenvalue weighted by Gasteiger charge is 2.28. The molecule has 8 heteroatoms. The highest BCUT2D eigenvalue weighted by molar-refractivity contribution is 6.33. The van der Waals surface area contributed by atoms with Gasteiger partial charge in [-0.05, 0) is 39.5 Å². The van der Waals surface area contributed by atoms with E-state index in [-0.39, 0.29) is 6.09 Å². The van der Waals surface area contributed by atoms with Crippen LogP contribution in [0.3, 0.4) is 0 Å². The fraction of sp³-hybridized carbons (Fsp3) is 0.625. The zero-order chi connectivity index (χ0) is 17.3. The predicted octanol–water partition coefficient (Wildman–Crippen LogP) is 3.13. The van der Waals surface area contributed by atoms with Crippen molar-refractivity contribution in [1.82, 2.24) is 24.4 Å². The van der Waals surface area contributed by atoms with Gasteiger partial charge in [0.15, 0.2) is 10.8 Å². The van der Waals surface area contributed by atoms with Crippen molar-refractivity contribution in [3.8, 4) is 0 Å². The first-order chi connectivity index (χ1) is 11.3. The van der Waals surface area contributed by atoms with Crippen molar-refractivity contribution < 1.29 is 9.53 Å². The molecule has 130 valence electrons. The van der Waals surface area contributed by atoms with Crippen LogP contribution in [0, 0.1) is 5.92 Å². The molecule has 2 aromatic heterocycles. The maximum atomic E-state index is 12.3. The van der Waals surface area contributed by atoms with Gasteiger partial charge in [-0.3, -0.25) is 0 Å². The van der Waals surface area contributed by atoms with E-state index in [9.17, 15) is 4.79 Å². The molecular formula is C16H22ClN5O2. The molecular weight excluding hydrogens is 330 g/mol. The van der Waals surface area contributed by atoms with Crippen molar-refractivity contribution in [2.75, 3.05) is 13.1 Å². The number of imidazole rings is 1. The van der Waals surface area contributed by atoms with E-state index in [1.54, 1.807) is 11.2 Å². The lowest BCUT2D eigenvalue weighted by Gasteiger charge is -2.34. The van der Waals surface area contributed by atoms with Gasteiger partial charge in [-0.1, -0.05) is 11.6 Å². The third kappa shape index (κ3) is 3.77. The number of fused-ring (bicyclic) bond motifs is 1. The molecule has 3 rings (SSSR count). The zero-order valence-corrected chi connectivity index (χ0v) is 15.0. The summed E-state index contributed by atoms with van der Waals surface area (Å²) in [5.41, 5.74) is 0.862. The molecule has 1 atom stereocenters. The number of ether oxygens (including phenoxy) is 1.